The molecular formula is C12H9N3O2. The molecule has 0 aliphatic heterocycles. The number of ether oxygens (including phenoxy) is 1. The van der Waals surface area contributed by atoms with E-state index in [1.54, 1.807) is 18.2 Å². The number of nitrogens with two attached hydrogens (primary N) is 1. The highest BCUT2D eigenvalue weighted by atomic mass is 16.5. The number of rotatable bonds is 2. The Labute approximate surface area is 97.4 Å². The van der Waals surface area contributed by atoms with Gasteiger partial charge in [0.25, 0.3) is 5.91 Å². The first-order valence-corrected chi connectivity index (χ1v) is 4.83. The van der Waals surface area contributed by atoms with E-state index in [0.29, 0.717) is 22.2 Å². The molecule has 5 nitrogen and oxygen atoms in total. The van der Waals surface area contributed by atoms with Crippen LogP contribution in [0.1, 0.15) is 15.9 Å². The summed E-state index contributed by atoms with van der Waals surface area (Å²) < 4.78 is 5.07. The van der Waals surface area contributed by atoms with Crippen molar-refractivity contribution in [2.75, 3.05) is 7.11 Å². The van der Waals surface area contributed by atoms with Crippen molar-refractivity contribution in [2.24, 2.45) is 5.73 Å². The van der Waals surface area contributed by atoms with Crippen LogP contribution in [-0.2, 0) is 0 Å². The zero-order valence-electron chi connectivity index (χ0n) is 9.10. The van der Waals surface area contributed by atoms with Crippen molar-refractivity contribution < 1.29 is 9.53 Å². The first kappa shape index (κ1) is 10.9. The lowest BCUT2D eigenvalue weighted by atomic mass is 10.1. The molecule has 1 heterocycles. The van der Waals surface area contributed by atoms with Gasteiger partial charge in [0.05, 0.1) is 23.8 Å². The molecule has 2 aromatic rings. The second-order valence-electron chi connectivity index (χ2n) is 3.45. The van der Waals surface area contributed by atoms with Crippen LogP contribution in [0, 0.1) is 11.3 Å². The fourth-order valence-corrected chi connectivity index (χ4v) is 1.58. The summed E-state index contributed by atoms with van der Waals surface area (Å²) in [6.07, 6.45) is 1.46. The van der Waals surface area contributed by atoms with Gasteiger partial charge in [0.2, 0.25) is 0 Å². The van der Waals surface area contributed by atoms with Crippen molar-refractivity contribution in [3.63, 3.8) is 0 Å². The predicted molar refractivity (Wildman–Crippen MR) is 61.5 cm³/mol. The van der Waals surface area contributed by atoms with Crippen molar-refractivity contribution in [3.8, 4) is 11.8 Å². The van der Waals surface area contributed by atoms with Gasteiger partial charge < -0.3 is 10.5 Å². The van der Waals surface area contributed by atoms with Crippen LogP contribution in [0.4, 0.5) is 0 Å². The van der Waals surface area contributed by atoms with E-state index in [0.717, 1.165) is 0 Å². The van der Waals surface area contributed by atoms with Gasteiger partial charge in [-0.1, -0.05) is 0 Å². The minimum atomic E-state index is -0.578. The molecule has 0 saturated carbocycles. The fraction of sp³-hybridized carbons (Fsp3) is 0.0833. The third-order valence-corrected chi connectivity index (χ3v) is 2.40. The summed E-state index contributed by atoms with van der Waals surface area (Å²) in [6, 6.07) is 6.83. The maximum Gasteiger partial charge on any atom is 0.252 e. The number of pyridine rings is 1. The Balaban J connectivity index is 2.75. The van der Waals surface area contributed by atoms with Crippen molar-refractivity contribution >= 4 is 16.8 Å². The van der Waals surface area contributed by atoms with E-state index in [1.165, 1.54) is 13.3 Å². The largest absolute Gasteiger partial charge is 0.496 e. The quantitative estimate of drug-likeness (QED) is 0.835. The fourth-order valence-electron chi connectivity index (χ4n) is 1.58. The van der Waals surface area contributed by atoms with Gasteiger partial charge in [0, 0.05) is 17.6 Å². The van der Waals surface area contributed by atoms with E-state index < -0.39 is 5.91 Å². The molecule has 0 aliphatic carbocycles. The van der Waals surface area contributed by atoms with Gasteiger partial charge in [-0.05, 0) is 12.1 Å². The number of amides is 1. The van der Waals surface area contributed by atoms with Crippen LogP contribution < -0.4 is 10.5 Å². The van der Waals surface area contributed by atoms with Gasteiger partial charge in [0.1, 0.15) is 11.8 Å². The van der Waals surface area contributed by atoms with E-state index in [1.807, 2.05) is 6.07 Å². The number of primary amides is 1. The van der Waals surface area contributed by atoms with Crippen molar-refractivity contribution in [3.05, 3.63) is 35.5 Å². The minimum Gasteiger partial charge on any atom is -0.496 e. The van der Waals surface area contributed by atoms with Gasteiger partial charge in [-0.2, -0.15) is 5.26 Å². The maximum absolute atomic E-state index is 11.2. The van der Waals surface area contributed by atoms with E-state index in [9.17, 15) is 4.79 Å². The second kappa shape index (κ2) is 4.10. The number of fused-ring (bicyclic) bond motifs is 1. The number of carbonyl (C=O) groups excluding carboxylic acids is 1. The van der Waals surface area contributed by atoms with E-state index >= 15 is 0 Å². The van der Waals surface area contributed by atoms with Crippen LogP contribution >= 0.6 is 0 Å². The summed E-state index contributed by atoms with van der Waals surface area (Å²) in [5, 5.41) is 9.45. The van der Waals surface area contributed by atoms with Crippen molar-refractivity contribution in [1.82, 2.24) is 4.98 Å². The van der Waals surface area contributed by atoms with Gasteiger partial charge in [-0.3, -0.25) is 9.78 Å². The molecule has 0 unspecified atom stereocenters. The number of nitrogens with zero attached hydrogens (tertiary/aromatic N) is 2. The summed E-state index contributed by atoms with van der Waals surface area (Å²) in [5.74, 6) is -0.201. The van der Waals surface area contributed by atoms with Crippen LogP contribution in [0.25, 0.3) is 10.9 Å². The molecule has 1 aromatic carbocycles. The Hall–Kier alpha value is -2.61. The monoisotopic (exact) mass is 227 g/mol. The highest BCUT2D eigenvalue weighted by Gasteiger charge is 2.11. The number of benzene rings is 1. The van der Waals surface area contributed by atoms with Gasteiger partial charge >= 0.3 is 0 Å². The molecular weight excluding hydrogens is 218 g/mol. The first-order valence-electron chi connectivity index (χ1n) is 4.83. The molecule has 0 saturated heterocycles. The zero-order chi connectivity index (χ0) is 12.4. The molecule has 5 heteroatoms. The zero-order valence-corrected chi connectivity index (χ0v) is 9.10. The first-order chi connectivity index (χ1) is 8.15. The average Bonchev–Trinajstić information content (AvgIpc) is 2.36. The highest BCUT2D eigenvalue weighted by Crippen LogP contribution is 2.24. The average molecular weight is 227 g/mol. The van der Waals surface area contributed by atoms with Gasteiger partial charge in [-0.25, -0.2) is 0 Å². The molecule has 2 rings (SSSR count). The van der Waals surface area contributed by atoms with Crippen molar-refractivity contribution in [1.29, 1.82) is 5.26 Å². The van der Waals surface area contributed by atoms with E-state index in [-0.39, 0.29) is 5.56 Å². The summed E-state index contributed by atoms with van der Waals surface area (Å²) >= 11 is 0. The number of carbonyl (C=O) groups is 1. The van der Waals surface area contributed by atoms with E-state index in [2.05, 4.69) is 4.98 Å². The predicted octanol–water partition coefficient (Wildman–Crippen LogP) is 1.21. The lowest BCUT2D eigenvalue weighted by Gasteiger charge is -2.07. The second-order valence-corrected chi connectivity index (χ2v) is 3.45. The Morgan fingerprint density at radius 2 is 2.24 bits per heavy atom. The third kappa shape index (κ3) is 1.88. The van der Waals surface area contributed by atoms with Crippen LogP contribution in [0.3, 0.4) is 0 Å². The molecule has 0 spiro atoms. The normalized spacial score (nSPS) is 9.88. The SMILES string of the molecule is COc1cc2ncc(C#N)cc2cc1C(N)=O. The minimum absolute atomic E-state index is 0.275. The molecule has 2 N–H and O–H groups in total. The van der Waals surface area contributed by atoms with Gasteiger partial charge in [-0.15, -0.1) is 0 Å². The topological polar surface area (TPSA) is 89.0 Å². The van der Waals surface area contributed by atoms with Gasteiger partial charge in [0.15, 0.2) is 0 Å². The number of aromatic nitrogens is 1. The Morgan fingerprint density at radius 3 is 2.82 bits per heavy atom. The summed E-state index contributed by atoms with van der Waals surface area (Å²) in [4.78, 5) is 15.3. The van der Waals surface area contributed by atoms with Crippen LogP contribution in [0.2, 0.25) is 0 Å². The summed E-state index contributed by atoms with van der Waals surface area (Å²) in [5.41, 5.74) is 6.60. The summed E-state index contributed by atoms with van der Waals surface area (Å²) in [6.45, 7) is 0. The Bertz CT molecular complexity index is 644. The lowest BCUT2D eigenvalue weighted by molar-refractivity contribution is 0.0997. The molecule has 17 heavy (non-hydrogen) atoms. The molecule has 1 amide bonds. The smallest absolute Gasteiger partial charge is 0.252 e. The van der Waals surface area contributed by atoms with E-state index in [4.69, 9.17) is 15.7 Å². The van der Waals surface area contributed by atoms with Crippen LogP contribution in [0.15, 0.2) is 24.4 Å². The lowest BCUT2D eigenvalue weighted by Crippen LogP contribution is -2.12. The van der Waals surface area contributed by atoms with Crippen LogP contribution in [-0.4, -0.2) is 18.0 Å². The van der Waals surface area contributed by atoms with Crippen molar-refractivity contribution in [2.45, 2.75) is 0 Å². The summed E-state index contributed by atoms with van der Waals surface area (Å²) in [7, 11) is 1.46. The molecule has 84 valence electrons. The Kier molecular flexibility index (Phi) is 2.63. The highest BCUT2D eigenvalue weighted by molar-refractivity contribution is 6.00. The number of hydrogen-bond acceptors (Lipinski definition) is 4. The molecule has 0 bridgehead atoms. The number of methoxy groups -OCH3 is 1. The molecule has 0 atom stereocenters. The standard InChI is InChI=1S/C12H9N3O2/c1-17-11-4-10-8(3-9(11)12(14)16)2-7(5-13)6-15-10/h2-4,6H,1H3,(H2,14,16). The van der Waals surface area contributed by atoms with Crippen LogP contribution in [0.5, 0.6) is 5.75 Å². The maximum atomic E-state index is 11.2. The molecule has 0 radical (unpaired) electrons. The Morgan fingerprint density at radius 1 is 1.47 bits per heavy atom. The molecule has 0 aliphatic rings. The molecule has 0 fully saturated rings. The molecule has 1 aromatic heterocycles. The number of nitriles is 1. The number of hydrogen-bond donors (Lipinski definition) is 1. The third-order valence-electron chi connectivity index (χ3n) is 2.40.